The monoisotopic (exact) mass is 146 g/mol. The molecule has 6 heavy (non-hydrogen) atoms. The predicted octanol–water partition coefficient (Wildman–Crippen LogP) is 1.91. The molecule has 0 bridgehead atoms. The van der Waals surface area contributed by atoms with E-state index in [1.54, 1.807) is 0 Å². The van der Waals surface area contributed by atoms with Crippen molar-refractivity contribution in [3.63, 3.8) is 0 Å². The van der Waals surface area contributed by atoms with E-state index in [4.69, 9.17) is 10.7 Å². The number of halogens is 1. The fourth-order valence-electron chi connectivity index (χ4n) is 0.0315. The average Bonchev–Trinajstić information content (AvgIpc) is 1.65. The molecular formula is CH4ClO2PS. The van der Waals surface area contributed by atoms with Crippen LogP contribution in [0.15, 0.2) is 0 Å². The van der Waals surface area contributed by atoms with Gasteiger partial charge in [0, 0.05) is 17.7 Å². The zero-order valence-electron chi connectivity index (χ0n) is 3.10. The van der Waals surface area contributed by atoms with E-state index in [0.29, 0.717) is 0 Å². The van der Waals surface area contributed by atoms with E-state index in [0.717, 1.165) is 10.6 Å². The summed E-state index contributed by atoms with van der Waals surface area (Å²) in [6.07, 6.45) is 0. The van der Waals surface area contributed by atoms with Gasteiger partial charge < -0.3 is 4.52 Å². The third-order valence-corrected chi connectivity index (χ3v) is 2.70. The highest BCUT2D eigenvalue weighted by atomic mass is 35.7. The van der Waals surface area contributed by atoms with Crippen molar-refractivity contribution in [3.8, 4) is 0 Å². The maximum Gasteiger partial charge on any atom is 0.261 e. The first kappa shape index (κ1) is 6.83. The zero-order valence-corrected chi connectivity index (χ0v) is 5.68. The van der Waals surface area contributed by atoms with Gasteiger partial charge in [-0.25, -0.2) is 0 Å². The van der Waals surface area contributed by atoms with Crippen LogP contribution in [0, 0.1) is 0 Å². The molecule has 0 aromatic carbocycles. The van der Waals surface area contributed by atoms with Gasteiger partial charge in [-0.2, -0.15) is 0 Å². The van der Waals surface area contributed by atoms with Gasteiger partial charge in [0.25, 0.3) is 7.23 Å². The molecule has 0 amide bonds. The fourth-order valence-corrected chi connectivity index (χ4v) is 0.850. The van der Waals surface area contributed by atoms with Gasteiger partial charge in [-0.3, -0.25) is 4.57 Å². The first-order valence-corrected chi connectivity index (χ1v) is 4.86. The average molecular weight is 147 g/mol. The van der Waals surface area contributed by atoms with Crippen molar-refractivity contribution < 1.29 is 9.09 Å². The lowest BCUT2D eigenvalue weighted by molar-refractivity contribution is 0.429. The summed E-state index contributed by atoms with van der Waals surface area (Å²) in [6, 6.07) is 0. The quantitative estimate of drug-likeness (QED) is 0.557. The number of hydrogen-bond acceptors (Lipinski definition) is 3. The molecule has 5 heteroatoms. The Balaban J connectivity index is 2.99. The highest BCUT2D eigenvalue weighted by Gasteiger charge is 1.87. The second-order valence-corrected chi connectivity index (χ2v) is 4.45. The molecule has 0 aromatic heterocycles. The summed E-state index contributed by atoms with van der Waals surface area (Å²) in [7, 11) is 5.12. The lowest BCUT2D eigenvalue weighted by atomic mass is 11.8. The molecule has 0 radical (unpaired) electrons. The van der Waals surface area contributed by atoms with Gasteiger partial charge >= 0.3 is 0 Å². The van der Waals surface area contributed by atoms with E-state index in [9.17, 15) is 4.57 Å². The molecule has 0 saturated carbocycles. The van der Waals surface area contributed by atoms with Crippen molar-refractivity contribution in [1.29, 1.82) is 0 Å². The Bertz CT molecular complexity index is 51.5. The minimum Gasteiger partial charge on any atom is -0.326 e. The van der Waals surface area contributed by atoms with Gasteiger partial charge in [-0.05, 0) is 10.7 Å². The van der Waals surface area contributed by atoms with E-state index in [-0.39, 0.29) is 0 Å². The Kier molecular flexibility index (Phi) is 4.56. The van der Waals surface area contributed by atoms with Crippen molar-refractivity contribution in [1.82, 2.24) is 0 Å². The van der Waals surface area contributed by atoms with Crippen LogP contribution in [0.4, 0.5) is 0 Å². The Morgan fingerprint density at radius 2 is 2.50 bits per heavy atom. The van der Waals surface area contributed by atoms with E-state index < -0.39 is 7.23 Å². The summed E-state index contributed by atoms with van der Waals surface area (Å²) in [6.45, 7) is 0. The minimum atomic E-state index is -1.94. The van der Waals surface area contributed by atoms with Crippen LogP contribution in [0.5, 0.6) is 0 Å². The van der Waals surface area contributed by atoms with Gasteiger partial charge in [0.2, 0.25) is 0 Å². The fraction of sp³-hybridized carbons (Fsp3) is 1.00. The summed E-state index contributed by atoms with van der Waals surface area (Å²) in [4.78, 5) is 0. The maximum absolute atomic E-state index is 9.97. The molecule has 1 unspecified atom stereocenters. The maximum atomic E-state index is 9.97. The van der Waals surface area contributed by atoms with Crippen LogP contribution in [0.25, 0.3) is 0 Å². The zero-order chi connectivity index (χ0) is 4.99. The van der Waals surface area contributed by atoms with Crippen LogP contribution in [0.1, 0.15) is 0 Å². The third kappa shape index (κ3) is 3.04. The SMILES string of the molecule is CO[PH](=O)SCl. The van der Waals surface area contributed by atoms with Gasteiger partial charge in [0.05, 0.1) is 0 Å². The van der Waals surface area contributed by atoms with Gasteiger partial charge in [0.1, 0.15) is 0 Å². The molecule has 0 fully saturated rings. The molecule has 0 rings (SSSR count). The second kappa shape index (κ2) is 4.00. The summed E-state index contributed by atoms with van der Waals surface area (Å²) in [5, 5.41) is 0. The van der Waals surface area contributed by atoms with Crippen molar-refractivity contribution in [2.75, 3.05) is 7.11 Å². The molecule has 2 nitrogen and oxygen atoms in total. The molecule has 0 aliphatic carbocycles. The summed E-state index contributed by atoms with van der Waals surface area (Å²) < 4.78 is 14.3. The van der Waals surface area contributed by atoms with Gasteiger partial charge in [-0.1, -0.05) is 0 Å². The molecule has 0 aromatic rings. The van der Waals surface area contributed by atoms with Crippen molar-refractivity contribution in [3.05, 3.63) is 0 Å². The largest absolute Gasteiger partial charge is 0.326 e. The van der Waals surface area contributed by atoms with Crippen LogP contribution in [-0.4, -0.2) is 7.11 Å². The Hall–Kier alpha value is 0.830. The highest BCUT2D eigenvalue weighted by molar-refractivity contribution is 8.62. The molecule has 38 valence electrons. The number of rotatable bonds is 2. The minimum absolute atomic E-state index is 0.721. The van der Waals surface area contributed by atoms with Crippen LogP contribution in [0.3, 0.4) is 0 Å². The van der Waals surface area contributed by atoms with Gasteiger partial charge in [-0.15, -0.1) is 0 Å². The molecule has 0 aliphatic rings. The van der Waals surface area contributed by atoms with Crippen LogP contribution >= 0.6 is 28.5 Å². The Morgan fingerprint density at radius 1 is 2.00 bits per heavy atom. The summed E-state index contributed by atoms with van der Waals surface area (Å²) in [5.74, 6) is 0. The van der Waals surface area contributed by atoms with Crippen LogP contribution in [0.2, 0.25) is 0 Å². The molecule has 0 heterocycles. The standard InChI is InChI=1S/CH4ClO2PS/c1-4-5(3)6-2/h5H,1H3. The Morgan fingerprint density at radius 3 is 2.50 bits per heavy atom. The first-order valence-electron chi connectivity index (χ1n) is 1.17. The lowest BCUT2D eigenvalue weighted by Crippen LogP contribution is -1.52. The van der Waals surface area contributed by atoms with Crippen molar-refractivity contribution >= 4 is 28.5 Å². The van der Waals surface area contributed by atoms with Crippen LogP contribution < -0.4 is 0 Å². The van der Waals surface area contributed by atoms with Crippen molar-refractivity contribution in [2.24, 2.45) is 0 Å². The number of hydrogen-bond donors (Lipinski definition) is 0. The summed E-state index contributed by atoms with van der Waals surface area (Å²) in [5.41, 5.74) is 0. The van der Waals surface area contributed by atoms with Crippen molar-refractivity contribution in [2.45, 2.75) is 0 Å². The second-order valence-electron chi connectivity index (χ2n) is 0.531. The van der Waals surface area contributed by atoms with E-state index in [1.165, 1.54) is 7.11 Å². The topological polar surface area (TPSA) is 26.3 Å². The lowest BCUT2D eigenvalue weighted by Gasteiger charge is -1.84. The van der Waals surface area contributed by atoms with E-state index in [1.807, 2.05) is 0 Å². The van der Waals surface area contributed by atoms with Crippen LogP contribution in [-0.2, 0) is 9.09 Å². The molecule has 0 saturated heterocycles. The van der Waals surface area contributed by atoms with E-state index in [2.05, 4.69) is 4.52 Å². The molecule has 0 aliphatic heterocycles. The molecule has 1 atom stereocenters. The normalized spacial score (nSPS) is 14.3. The molecular weight excluding hydrogens is 143 g/mol. The Labute approximate surface area is 45.3 Å². The molecule has 0 N–H and O–H groups in total. The molecule has 0 spiro atoms. The van der Waals surface area contributed by atoms with Gasteiger partial charge in [0.15, 0.2) is 0 Å². The predicted molar refractivity (Wildman–Crippen MR) is 29.5 cm³/mol. The summed E-state index contributed by atoms with van der Waals surface area (Å²) >= 11 is 0. The highest BCUT2D eigenvalue weighted by Crippen LogP contribution is 2.40. The third-order valence-electron chi connectivity index (χ3n) is 0.230. The van der Waals surface area contributed by atoms with E-state index >= 15 is 0 Å². The smallest absolute Gasteiger partial charge is 0.261 e. The first-order chi connectivity index (χ1) is 2.81.